The van der Waals surface area contributed by atoms with Gasteiger partial charge in [0.15, 0.2) is 0 Å². The first-order valence-corrected chi connectivity index (χ1v) is 5.35. The van der Waals surface area contributed by atoms with Gasteiger partial charge in [0.05, 0.1) is 16.9 Å². The lowest BCUT2D eigenvalue weighted by Crippen LogP contribution is -2.05. The van der Waals surface area contributed by atoms with Crippen LogP contribution >= 0.6 is 0 Å². The van der Waals surface area contributed by atoms with E-state index in [0.29, 0.717) is 11.1 Å². The Balaban J connectivity index is 2.71. The summed E-state index contributed by atoms with van der Waals surface area (Å²) in [5.74, 6) is -1.64. The third-order valence-electron chi connectivity index (χ3n) is 2.77. The maximum atomic E-state index is 11.2. The Morgan fingerprint density at radius 3 is 2.21 bits per heavy atom. The van der Waals surface area contributed by atoms with Gasteiger partial charge >= 0.3 is 5.97 Å². The van der Waals surface area contributed by atoms with E-state index >= 15 is 0 Å². The Kier molecular flexibility index (Phi) is 2.92. The molecule has 2 aromatic rings. The summed E-state index contributed by atoms with van der Waals surface area (Å²) in [4.78, 5) is 11.2. The summed E-state index contributed by atoms with van der Waals surface area (Å²) in [5, 5.41) is 28.0. The molecule has 0 radical (unpaired) electrons. The largest absolute Gasteiger partial charge is 0.506 e. The molecule has 0 aromatic heterocycles. The Labute approximate surface area is 108 Å². The number of anilines is 2. The molecule has 0 aliphatic rings. The fraction of sp³-hybridized carbons (Fsp3) is 0. The number of hydrogen-bond acceptors (Lipinski definition) is 5. The van der Waals surface area contributed by atoms with E-state index in [-0.39, 0.29) is 28.4 Å². The number of nitrogens with two attached hydrogens (primary N) is 2. The van der Waals surface area contributed by atoms with Gasteiger partial charge in [-0.15, -0.1) is 0 Å². The smallest absolute Gasteiger partial charge is 0.338 e. The summed E-state index contributed by atoms with van der Waals surface area (Å²) >= 11 is 0. The number of benzene rings is 2. The Morgan fingerprint density at radius 1 is 1.00 bits per heavy atom. The van der Waals surface area contributed by atoms with E-state index in [9.17, 15) is 20.1 Å². The second kappa shape index (κ2) is 4.41. The van der Waals surface area contributed by atoms with Gasteiger partial charge in [-0.05, 0) is 35.4 Å². The molecule has 0 heterocycles. The second-order valence-electron chi connectivity index (χ2n) is 4.00. The highest BCUT2D eigenvalue weighted by Gasteiger charge is 2.18. The number of phenolic OH excluding ortho intramolecular Hbond substituents is 2. The summed E-state index contributed by atoms with van der Waals surface area (Å²) in [5.41, 5.74) is 11.7. The van der Waals surface area contributed by atoms with Gasteiger partial charge in [0.25, 0.3) is 0 Å². The Morgan fingerprint density at radius 2 is 1.63 bits per heavy atom. The average Bonchev–Trinajstić information content (AvgIpc) is 2.35. The summed E-state index contributed by atoms with van der Waals surface area (Å²) in [6, 6.07) is 7.05. The van der Waals surface area contributed by atoms with Crippen LogP contribution in [0.2, 0.25) is 0 Å². The average molecular weight is 260 g/mol. The molecule has 0 aliphatic heterocycles. The number of phenols is 2. The van der Waals surface area contributed by atoms with Crippen molar-refractivity contribution in [3.63, 3.8) is 0 Å². The molecule has 98 valence electrons. The minimum Gasteiger partial charge on any atom is -0.506 e. The zero-order chi connectivity index (χ0) is 14.2. The predicted molar refractivity (Wildman–Crippen MR) is 71.0 cm³/mol. The van der Waals surface area contributed by atoms with Crippen molar-refractivity contribution in [2.45, 2.75) is 0 Å². The van der Waals surface area contributed by atoms with E-state index in [0.717, 1.165) is 0 Å². The van der Waals surface area contributed by atoms with E-state index in [1.165, 1.54) is 30.3 Å². The van der Waals surface area contributed by atoms with Gasteiger partial charge in [-0.3, -0.25) is 0 Å². The van der Waals surface area contributed by atoms with Crippen molar-refractivity contribution < 1.29 is 20.1 Å². The highest BCUT2D eigenvalue weighted by atomic mass is 16.4. The van der Waals surface area contributed by atoms with Crippen molar-refractivity contribution in [2.24, 2.45) is 0 Å². The molecule has 0 unspecified atom stereocenters. The Bertz CT molecular complexity index is 668. The molecule has 0 spiro atoms. The first-order chi connectivity index (χ1) is 8.91. The number of nitrogen functional groups attached to an aromatic ring is 2. The van der Waals surface area contributed by atoms with Crippen LogP contribution in [0.15, 0.2) is 30.3 Å². The molecule has 0 aliphatic carbocycles. The lowest BCUT2D eigenvalue weighted by atomic mass is 9.97. The maximum Gasteiger partial charge on any atom is 0.338 e. The summed E-state index contributed by atoms with van der Waals surface area (Å²) in [6.45, 7) is 0. The zero-order valence-electron chi connectivity index (χ0n) is 9.79. The minimum atomic E-state index is -1.25. The maximum absolute atomic E-state index is 11.2. The molecule has 6 heteroatoms. The van der Waals surface area contributed by atoms with Crippen LogP contribution in [-0.2, 0) is 0 Å². The SMILES string of the molecule is Nc1cc(-c2ccc(O)c(N)c2C(=O)O)ccc1O. The van der Waals surface area contributed by atoms with Gasteiger partial charge in [-0.2, -0.15) is 0 Å². The van der Waals surface area contributed by atoms with Crippen molar-refractivity contribution in [2.75, 3.05) is 11.5 Å². The molecule has 7 N–H and O–H groups in total. The van der Waals surface area contributed by atoms with Crippen LogP contribution in [0.5, 0.6) is 11.5 Å². The number of rotatable bonds is 2. The van der Waals surface area contributed by atoms with E-state index < -0.39 is 5.97 Å². The fourth-order valence-corrected chi connectivity index (χ4v) is 1.80. The van der Waals surface area contributed by atoms with Crippen LogP contribution in [0.4, 0.5) is 11.4 Å². The van der Waals surface area contributed by atoms with E-state index in [2.05, 4.69) is 0 Å². The van der Waals surface area contributed by atoms with Crippen LogP contribution < -0.4 is 11.5 Å². The van der Waals surface area contributed by atoms with Crippen LogP contribution in [0.25, 0.3) is 11.1 Å². The van der Waals surface area contributed by atoms with Gasteiger partial charge in [-0.1, -0.05) is 6.07 Å². The van der Waals surface area contributed by atoms with Crippen molar-refractivity contribution in [1.29, 1.82) is 0 Å². The van der Waals surface area contributed by atoms with Crippen LogP contribution in [0, 0.1) is 0 Å². The molecule has 6 nitrogen and oxygen atoms in total. The van der Waals surface area contributed by atoms with Crippen molar-refractivity contribution in [1.82, 2.24) is 0 Å². The number of carboxylic acid groups (broad SMARTS) is 1. The number of aromatic carboxylic acids is 1. The van der Waals surface area contributed by atoms with E-state index in [4.69, 9.17) is 11.5 Å². The third kappa shape index (κ3) is 2.11. The van der Waals surface area contributed by atoms with Crippen molar-refractivity contribution in [3.8, 4) is 22.6 Å². The standard InChI is InChI=1S/C13H12N2O4/c14-8-5-6(1-3-9(8)16)7-2-4-10(17)12(15)11(7)13(18)19/h1-5,16-17H,14-15H2,(H,18,19). The molecule has 0 saturated heterocycles. The molecule has 0 fully saturated rings. The monoisotopic (exact) mass is 260 g/mol. The predicted octanol–water partition coefficient (Wildman–Crippen LogP) is 1.63. The molecule has 0 bridgehead atoms. The van der Waals surface area contributed by atoms with Gasteiger partial charge in [0, 0.05) is 0 Å². The van der Waals surface area contributed by atoms with E-state index in [1.807, 2.05) is 0 Å². The number of aromatic hydroxyl groups is 2. The molecular weight excluding hydrogens is 248 g/mol. The lowest BCUT2D eigenvalue weighted by Gasteiger charge is -2.11. The summed E-state index contributed by atoms with van der Waals surface area (Å²) in [7, 11) is 0. The number of hydrogen-bond donors (Lipinski definition) is 5. The normalized spacial score (nSPS) is 10.3. The molecule has 2 rings (SSSR count). The van der Waals surface area contributed by atoms with Gasteiger partial charge in [-0.25, -0.2) is 4.79 Å². The minimum absolute atomic E-state index is 0.0904. The van der Waals surface area contributed by atoms with Gasteiger partial charge in [0.1, 0.15) is 11.5 Å². The molecule has 2 aromatic carbocycles. The lowest BCUT2D eigenvalue weighted by molar-refractivity contribution is 0.0698. The van der Waals surface area contributed by atoms with Crippen LogP contribution in [0.3, 0.4) is 0 Å². The van der Waals surface area contributed by atoms with Crippen LogP contribution in [0.1, 0.15) is 10.4 Å². The topological polar surface area (TPSA) is 130 Å². The number of carbonyl (C=O) groups is 1. The molecule has 0 saturated carbocycles. The fourth-order valence-electron chi connectivity index (χ4n) is 1.80. The molecular formula is C13H12N2O4. The molecule has 0 amide bonds. The van der Waals surface area contributed by atoms with Crippen molar-refractivity contribution in [3.05, 3.63) is 35.9 Å². The van der Waals surface area contributed by atoms with Crippen molar-refractivity contribution >= 4 is 17.3 Å². The highest BCUT2D eigenvalue weighted by Crippen LogP contribution is 2.35. The highest BCUT2D eigenvalue weighted by molar-refractivity contribution is 6.02. The van der Waals surface area contributed by atoms with Gasteiger partial charge < -0.3 is 26.8 Å². The van der Waals surface area contributed by atoms with Crippen LogP contribution in [-0.4, -0.2) is 21.3 Å². The molecule has 0 atom stereocenters. The first kappa shape index (κ1) is 12.6. The zero-order valence-corrected chi connectivity index (χ0v) is 9.79. The summed E-state index contributed by atoms with van der Waals surface area (Å²) in [6.07, 6.45) is 0. The number of carboxylic acids is 1. The van der Waals surface area contributed by atoms with Gasteiger partial charge in [0.2, 0.25) is 0 Å². The Hall–Kier alpha value is -2.89. The third-order valence-corrected chi connectivity index (χ3v) is 2.77. The summed E-state index contributed by atoms with van der Waals surface area (Å²) < 4.78 is 0. The first-order valence-electron chi connectivity index (χ1n) is 5.35. The molecule has 19 heavy (non-hydrogen) atoms. The quantitative estimate of drug-likeness (QED) is 0.412. The second-order valence-corrected chi connectivity index (χ2v) is 4.00. The van der Waals surface area contributed by atoms with E-state index in [1.54, 1.807) is 0 Å².